The highest BCUT2D eigenvalue weighted by Crippen LogP contribution is 2.13. The lowest BCUT2D eigenvalue weighted by Gasteiger charge is -2.17. The average Bonchev–Trinajstić information content (AvgIpc) is 2.71. The van der Waals surface area contributed by atoms with Crippen molar-refractivity contribution in [2.45, 2.75) is 26.5 Å². The summed E-state index contributed by atoms with van der Waals surface area (Å²) in [6, 6.07) is 13.4. The van der Waals surface area contributed by atoms with Crippen LogP contribution in [0.15, 0.2) is 53.5 Å². The molecule has 0 bridgehead atoms. The zero-order valence-electron chi connectivity index (χ0n) is 16.9. The fourth-order valence-electron chi connectivity index (χ4n) is 2.43. The number of aliphatic imine (C=N–C) groups is 1. The van der Waals surface area contributed by atoms with Gasteiger partial charge < -0.3 is 20.1 Å². The molecule has 0 heterocycles. The van der Waals surface area contributed by atoms with Crippen LogP contribution in [0.1, 0.15) is 19.4 Å². The van der Waals surface area contributed by atoms with Crippen molar-refractivity contribution >= 4 is 17.7 Å². The lowest BCUT2D eigenvalue weighted by Crippen LogP contribution is -2.41. The molecule has 7 nitrogen and oxygen atoms in total. The molecule has 0 fully saturated rings. The van der Waals surface area contributed by atoms with Gasteiger partial charge in [-0.15, -0.1) is 0 Å². The largest absolute Gasteiger partial charge is 0.489 e. The Morgan fingerprint density at radius 3 is 2.59 bits per heavy atom. The Morgan fingerprint density at radius 2 is 1.93 bits per heavy atom. The highest BCUT2D eigenvalue weighted by Gasteiger charge is 2.07. The molecule has 2 rings (SSSR count). The maximum atomic E-state index is 13.2. The number of nitrogens with zero attached hydrogens (tertiary/aromatic N) is 1. The molecule has 0 aromatic heterocycles. The van der Waals surface area contributed by atoms with Crippen LogP contribution in [0, 0.1) is 5.82 Å². The lowest BCUT2D eigenvalue weighted by atomic mass is 10.2. The summed E-state index contributed by atoms with van der Waals surface area (Å²) in [5.41, 5.74) is 1.64. The number of hydrogen-bond acceptors (Lipinski definition) is 4. The standard InChI is InChI=1S/C21H27FN4O3/c1-4-23-20(24-13-15(2)29-19-7-5-6-17(22)12-19)25-14-16-8-10-18(11-9-16)26-21(27)28-3/h5-12,15H,4,13-14H2,1-3H3,(H,26,27)(H2,23,24,25). The SMILES string of the molecule is CCNC(=NCc1ccc(NC(=O)OC)cc1)NCC(C)Oc1cccc(F)c1. The number of carbonyl (C=O) groups is 1. The van der Waals surface area contributed by atoms with E-state index >= 15 is 0 Å². The first-order valence-electron chi connectivity index (χ1n) is 9.38. The molecule has 29 heavy (non-hydrogen) atoms. The molecule has 8 heteroatoms. The van der Waals surface area contributed by atoms with Gasteiger partial charge in [-0.2, -0.15) is 0 Å². The number of carbonyl (C=O) groups excluding carboxylic acids is 1. The summed E-state index contributed by atoms with van der Waals surface area (Å²) in [6.07, 6.45) is -0.687. The summed E-state index contributed by atoms with van der Waals surface area (Å²) >= 11 is 0. The topological polar surface area (TPSA) is 84.0 Å². The summed E-state index contributed by atoms with van der Waals surface area (Å²) in [7, 11) is 1.32. The Bertz CT molecular complexity index is 812. The van der Waals surface area contributed by atoms with Gasteiger partial charge in [-0.3, -0.25) is 5.32 Å². The van der Waals surface area contributed by atoms with E-state index in [0.717, 1.165) is 5.56 Å². The van der Waals surface area contributed by atoms with Crippen LogP contribution >= 0.6 is 0 Å². The molecule has 0 saturated carbocycles. The van der Waals surface area contributed by atoms with E-state index in [-0.39, 0.29) is 11.9 Å². The number of ether oxygens (including phenoxy) is 2. The molecule has 0 aliphatic rings. The summed E-state index contributed by atoms with van der Waals surface area (Å²) in [5.74, 6) is 0.811. The molecule has 1 unspecified atom stereocenters. The zero-order valence-corrected chi connectivity index (χ0v) is 16.9. The van der Waals surface area contributed by atoms with E-state index in [1.54, 1.807) is 24.3 Å². The van der Waals surface area contributed by atoms with E-state index < -0.39 is 6.09 Å². The molecule has 0 saturated heterocycles. The molecule has 2 aromatic rings. The minimum atomic E-state index is -0.510. The predicted molar refractivity (Wildman–Crippen MR) is 112 cm³/mol. The Kier molecular flexibility index (Phi) is 8.75. The smallest absolute Gasteiger partial charge is 0.411 e. The molecular weight excluding hydrogens is 375 g/mol. The summed E-state index contributed by atoms with van der Waals surface area (Å²) in [5, 5.41) is 8.99. The lowest BCUT2D eigenvalue weighted by molar-refractivity contribution is 0.187. The Labute approximate surface area is 170 Å². The van der Waals surface area contributed by atoms with Crippen molar-refractivity contribution in [2.75, 3.05) is 25.5 Å². The van der Waals surface area contributed by atoms with Gasteiger partial charge in [-0.05, 0) is 43.7 Å². The predicted octanol–water partition coefficient (Wildman–Crippen LogP) is 3.53. The van der Waals surface area contributed by atoms with Crippen LogP contribution in [-0.2, 0) is 11.3 Å². The van der Waals surface area contributed by atoms with Gasteiger partial charge in [0.25, 0.3) is 0 Å². The van der Waals surface area contributed by atoms with Crippen LogP contribution in [0.3, 0.4) is 0 Å². The van der Waals surface area contributed by atoms with Gasteiger partial charge in [0.2, 0.25) is 0 Å². The van der Waals surface area contributed by atoms with Crippen LogP contribution in [0.5, 0.6) is 5.75 Å². The first kappa shape index (κ1) is 22.0. The van der Waals surface area contributed by atoms with Crippen molar-refractivity contribution in [3.05, 3.63) is 59.9 Å². The summed E-state index contributed by atoms with van der Waals surface area (Å²) < 4.78 is 23.5. The minimum absolute atomic E-state index is 0.177. The fraction of sp³-hybridized carbons (Fsp3) is 0.333. The second kappa shape index (κ2) is 11.5. The number of methoxy groups -OCH3 is 1. The first-order chi connectivity index (χ1) is 14.0. The van der Waals surface area contributed by atoms with E-state index in [2.05, 4.69) is 25.7 Å². The van der Waals surface area contributed by atoms with Gasteiger partial charge >= 0.3 is 6.09 Å². The van der Waals surface area contributed by atoms with Crippen molar-refractivity contribution in [3.63, 3.8) is 0 Å². The van der Waals surface area contributed by atoms with Crippen molar-refractivity contribution < 1.29 is 18.7 Å². The van der Waals surface area contributed by atoms with Crippen LogP contribution in [0.4, 0.5) is 14.9 Å². The summed E-state index contributed by atoms with van der Waals surface area (Å²) in [6.45, 7) is 5.57. The highest BCUT2D eigenvalue weighted by molar-refractivity contribution is 5.84. The Hall–Kier alpha value is -3.29. The number of rotatable bonds is 8. The Balaban J connectivity index is 1.87. The molecule has 2 aromatic carbocycles. The third-order valence-electron chi connectivity index (χ3n) is 3.84. The maximum absolute atomic E-state index is 13.2. The van der Waals surface area contributed by atoms with Crippen LogP contribution in [0.2, 0.25) is 0 Å². The van der Waals surface area contributed by atoms with E-state index in [1.807, 2.05) is 26.0 Å². The number of benzene rings is 2. The van der Waals surface area contributed by atoms with Crippen LogP contribution < -0.4 is 20.7 Å². The molecule has 0 radical (unpaired) electrons. The van der Waals surface area contributed by atoms with Gasteiger partial charge in [0, 0.05) is 18.3 Å². The number of hydrogen-bond donors (Lipinski definition) is 3. The second-order valence-electron chi connectivity index (χ2n) is 6.28. The zero-order chi connectivity index (χ0) is 21.1. The molecule has 1 atom stereocenters. The van der Waals surface area contributed by atoms with E-state index in [1.165, 1.54) is 19.2 Å². The number of halogens is 1. The van der Waals surface area contributed by atoms with E-state index in [4.69, 9.17) is 4.74 Å². The molecule has 1 amide bonds. The summed E-state index contributed by atoms with van der Waals surface area (Å²) in [4.78, 5) is 15.8. The van der Waals surface area contributed by atoms with Gasteiger partial charge in [0.1, 0.15) is 17.7 Å². The number of amides is 1. The monoisotopic (exact) mass is 402 g/mol. The third-order valence-corrected chi connectivity index (χ3v) is 3.84. The molecular formula is C21H27FN4O3. The van der Waals surface area contributed by atoms with Crippen molar-refractivity contribution in [2.24, 2.45) is 4.99 Å². The molecule has 156 valence electrons. The van der Waals surface area contributed by atoms with Crippen molar-refractivity contribution in [1.29, 1.82) is 0 Å². The average molecular weight is 402 g/mol. The molecule has 0 aliphatic carbocycles. The fourth-order valence-corrected chi connectivity index (χ4v) is 2.43. The molecule has 0 aliphatic heterocycles. The first-order valence-corrected chi connectivity index (χ1v) is 9.38. The van der Waals surface area contributed by atoms with E-state index in [9.17, 15) is 9.18 Å². The minimum Gasteiger partial charge on any atom is -0.489 e. The number of anilines is 1. The maximum Gasteiger partial charge on any atom is 0.411 e. The van der Waals surface area contributed by atoms with Crippen LogP contribution in [0.25, 0.3) is 0 Å². The molecule has 0 spiro atoms. The highest BCUT2D eigenvalue weighted by atomic mass is 19.1. The quantitative estimate of drug-likeness (QED) is 0.465. The number of guanidine groups is 1. The molecule has 3 N–H and O–H groups in total. The Morgan fingerprint density at radius 1 is 1.17 bits per heavy atom. The normalized spacial score (nSPS) is 12.1. The van der Waals surface area contributed by atoms with E-state index in [0.29, 0.717) is 37.0 Å². The third kappa shape index (κ3) is 8.08. The van der Waals surface area contributed by atoms with Crippen molar-refractivity contribution in [3.8, 4) is 5.75 Å². The van der Waals surface area contributed by atoms with Gasteiger partial charge in [0.15, 0.2) is 5.96 Å². The second-order valence-corrected chi connectivity index (χ2v) is 6.28. The van der Waals surface area contributed by atoms with Gasteiger partial charge in [0.05, 0.1) is 20.2 Å². The van der Waals surface area contributed by atoms with Crippen LogP contribution in [-0.4, -0.2) is 38.4 Å². The van der Waals surface area contributed by atoms with Crippen molar-refractivity contribution in [1.82, 2.24) is 10.6 Å². The van der Waals surface area contributed by atoms with Gasteiger partial charge in [-0.1, -0.05) is 18.2 Å². The van der Waals surface area contributed by atoms with Gasteiger partial charge in [-0.25, -0.2) is 14.2 Å². The number of nitrogens with one attached hydrogen (secondary N) is 3.